The molecule has 0 amide bonds. The lowest BCUT2D eigenvalue weighted by molar-refractivity contribution is 0.0473. The number of fused-ring (bicyclic) bond motifs is 1. The molecular formula is C17H28N2O. The first-order valence-corrected chi connectivity index (χ1v) is 7.73. The van der Waals surface area contributed by atoms with Crippen molar-refractivity contribution in [2.24, 2.45) is 5.73 Å². The Balaban J connectivity index is 2.42. The fraction of sp³-hybridized carbons (Fsp3) is 0.647. The average molecular weight is 276 g/mol. The molecule has 0 fully saturated rings. The summed E-state index contributed by atoms with van der Waals surface area (Å²) in [4.78, 5) is 2.50. The lowest BCUT2D eigenvalue weighted by atomic mass is 9.71. The summed E-state index contributed by atoms with van der Waals surface area (Å²) in [5.74, 6) is 0.631. The third-order valence-corrected chi connectivity index (χ3v) is 4.87. The summed E-state index contributed by atoms with van der Waals surface area (Å²) in [6, 6.07) is 8.83. The molecular weight excluding hydrogens is 248 g/mol. The van der Waals surface area contributed by atoms with Crippen molar-refractivity contribution in [3.8, 4) is 0 Å². The fourth-order valence-electron chi connectivity index (χ4n) is 3.64. The highest BCUT2D eigenvalue weighted by Crippen LogP contribution is 2.44. The Morgan fingerprint density at radius 2 is 2.15 bits per heavy atom. The monoisotopic (exact) mass is 276 g/mol. The third-order valence-electron chi connectivity index (χ3n) is 4.87. The fourth-order valence-corrected chi connectivity index (χ4v) is 3.64. The zero-order valence-corrected chi connectivity index (χ0v) is 13.1. The van der Waals surface area contributed by atoms with Gasteiger partial charge in [0.2, 0.25) is 0 Å². The van der Waals surface area contributed by atoms with Gasteiger partial charge in [-0.2, -0.15) is 0 Å². The van der Waals surface area contributed by atoms with E-state index >= 15 is 0 Å². The minimum Gasteiger partial charge on any atom is -0.383 e. The first kappa shape index (κ1) is 15.5. The first-order valence-electron chi connectivity index (χ1n) is 7.73. The SMILES string of the molecule is CCN(CCOC)C1(CN)CCC(C)c2ccccc21. The molecule has 0 saturated heterocycles. The van der Waals surface area contributed by atoms with Gasteiger partial charge in [-0.15, -0.1) is 0 Å². The Morgan fingerprint density at radius 3 is 2.80 bits per heavy atom. The van der Waals surface area contributed by atoms with Gasteiger partial charge in [-0.3, -0.25) is 4.90 Å². The molecule has 0 saturated carbocycles. The van der Waals surface area contributed by atoms with Crippen LogP contribution in [0, 0.1) is 0 Å². The van der Waals surface area contributed by atoms with Gasteiger partial charge in [-0.1, -0.05) is 38.1 Å². The van der Waals surface area contributed by atoms with Crippen LogP contribution in [0.25, 0.3) is 0 Å². The van der Waals surface area contributed by atoms with E-state index in [1.807, 2.05) is 0 Å². The minimum absolute atomic E-state index is 0.0175. The second-order valence-electron chi connectivity index (χ2n) is 5.84. The standard InChI is InChI=1S/C17H28N2O/c1-4-19(11-12-20-3)17(13-18)10-9-14(2)15-7-5-6-8-16(15)17/h5-8,14H,4,9-13,18H2,1-3H3. The van der Waals surface area contributed by atoms with E-state index in [1.165, 1.54) is 17.5 Å². The molecule has 1 aromatic rings. The number of nitrogens with two attached hydrogens (primary N) is 1. The average Bonchev–Trinajstić information content (AvgIpc) is 2.50. The predicted molar refractivity (Wildman–Crippen MR) is 83.9 cm³/mol. The molecule has 2 rings (SSSR count). The molecule has 0 aromatic heterocycles. The van der Waals surface area contributed by atoms with E-state index in [2.05, 4.69) is 43.0 Å². The summed E-state index contributed by atoms with van der Waals surface area (Å²) in [6.07, 6.45) is 2.34. The Labute approximate surface area is 123 Å². The first-order chi connectivity index (χ1) is 9.69. The highest BCUT2D eigenvalue weighted by atomic mass is 16.5. The Bertz CT molecular complexity index is 435. The van der Waals surface area contributed by atoms with E-state index in [0.717, 1.165) is 26.1 Å². The van der Waals surface area contributed by atoms with Crippen LogP contribution in [0.15, 0.2) is 24.3 Å². The molecule has 1 aliphatic carbocycles. The molecule has 0 bridgehead atoms. The van der Waals surface area contributed by atoms with E-state index in [9.17, 15) is 0 Å². The van der Waals surface area contributed by atoms with E-state index in [1.54, 1.807) is 7.11 Å². The maximum atomic E-state index is 6.26. The van der Waals surface area contributed by atoms with Gasteiger partial charge in [0.15, 0.2) is 0 Å². The Morgan fingerprint density at radius 1 is 1.40 bits per heavy atom. The van der Waals surface area contributed by atoms with Gasteiger partial charge in [0.25, 0.3) is 0 Å². The summed E-state index contributed by atoms with van der Waals surface area (Å²) in [6.45, 7) is 7.91. The number of benzene rings is 1. The highest BCUT2D eigenvalue weighted by Gasteiger charge is 2.41. The van der Waals surface area contributed by atoms with Gasteiger partial charge in [0.05, 0.1) is 12.1 Å². The van der Waals surface area contributed by atoms with Crippen molar-refractivity contribution in [2.75, 3.05) is 33.4 Å². The molecule has 1 aromatic carbocycles. The summed E-state index contributed by atoms with van der Waals surface area (Å²) in [5.41, 5.74) is 9.15. The van der Waals surface area contributed by atoms with E-state index in [-0.39, 0.29) is 5.54 Å². The van der Waals surface area contributed by atoms with Gasteiger partial charge < -0.3 is 10.5 Å². The number of methoxy groups -OCH3 is 1. The number of nitrogens with zero attached hydrogens (tertiary/aromatic N) is 1. The molecule has 0 aliphatic heterocycles. The van der Waals surface area contributed by atoms with E-state index in [4.69, 9.17) is 10.5 Å². The Kier molecular flexibility index (Phi) is 5.19. The third kappa shape index (κ3) is 2.62. The number of ether oxygens (including phenoxy) is 1. The molecule has 112 valence electrons. The maximum absolute atomic E-state index is 6.26. The molecule has 2 N–H and O–H groups in total. The topological polar surface area (TPSA) is 38.5 Å². The van der Waals surface area contributed by atoms with Gasteiger partial charge in [-0.25, -0.2) is 0 Å². The van der Waals surface area contributed by atoms with Crippen LogP contribution in [-0.2, 0) is 10.3 Å². The van der Waals surface area contributed by atoms with Crippen molar-refractivity contribution in [3.05, 3.63) is 35.4 Å². The van der Waals surface area contributed by atoms with Crippen LogP contribution in [-0.4, -0.2) is 38.3 Å². The lowest BCUT2D eigenvalue weighted by Crippen LogP contribution is -2.54. The van der Waals surface area contributed by atoms with Gasteiger partial charge in [0.1, 0.15) is 0 Å². The molecule has 1 aliphatic rings. The second-order valence-corrected chi connectivity index (χ2v) is 5.84. The van der Waals surface area contributed by atoms with Crippen LogP contribution >= 0.6 is 0 Å². The zero-order chi connectivity index (χ0) is 14.6. The highest BCUT2D eigenvalue weighted by molar-refractivity contribution is 5.39. The number of hydrogen-bond acceptors (Lipinski definition) is 3. The van der Waals surface area contributed by atoms with Crippen LogP contribution in [0.4, 0.5) is 0 Å². The predicted octanol–water partition coefficient (Wildman–Crippen LogP) is 2.71. The summed E-state index contributed by atoms with van der Waals surface area (Å²) >= 11 is 0. The van der Waals surface area contributed by atoms with Crippen LogP contribution in [0.2, 0.25) is 0 Å². The minimum atomic E-state index is -0.0175. The maximum Gasteiger partial charge on any atom is 0.0590 e. The van der Waals surface area contributed by atoms with Crippen molar-refractivity contribution in [1.29, 1.82) is 0 Å². The zero-order valence-electron chi connectivity index (χ0n) is 13.1. The van der Waals surface area contributed by atoms with Gasteiger partial charge in [-0.05, 0) is 36.4 Å². The normalized spacial score (nSPS) is 25.8. The van der Waals surface area contributed by atoms with Crippen molar-refractivity contribution >= 4 is 0 Å². The molecule has 3 nitrogen and oxygen atoms in total. The van der Waals surface area contributed by atoms with E-state index in [0.29, 0.717) is 12.5 Å². The van der Waals surface area contributed by atoms with Crippen molar-refractivity contribution in [1.82, 2.24) is 4.90 Å². The van der Waals surface area contributed by atoms with Crippen LogP contribution in [0.1, 0.15) is 43.7 Å². The van der Waals surface area contributed by atoms with Crippen molar-refractivity contribution < 1.29 is 4.74 Å². The Hall–Kier alpha value is -0.900. The van der Waals surface area contributed by atoms with Crippen molar-refractivity contribution in [3.63, 3.8) is 0 Å². The van der Waals surface area contributed by atoms with Crippen LogP contribution in [0.3, 0.4) is 0 Å². The van der Waals surface area contributed by atoms with Crippen LogP contribution in [0.5, 0.6) is 0 Å². The molecule has 0 heterocycles. The molecule has 3 heteroatoms. The van der Waals surface area contributed by atoms with E-state index < -0.39 is 0 Å². The summed E-state index contributed by atoms with van der Waals surface area (Å²) in [7, 11) is 1.76. The molecule has 20 heavy (non-hydrogen) atoms. The summed E-state index contributed by atoms with van der Waals surface area (Å²) in [5, 5.41) is 0. The molecule has 0 spiro atoms. The second kappa shape index (κ2) is 6.70. The quantitative estimate of drug-likeness (QED) is 0.868. The molecule has 2 atom stereocenters. The van der Waals surface area contributed by atoms with Crippen molar-refractivity contribution in [2.45, 2.75) is 38.1 Å². The lowest BCUT2D eigenvalue weighted by Gasteiger charge is -2.48. The number of hydrogen-bond donors (Lipinski definition) is 1. The van der Waals surface area contributed by atoms with Gasteiger partial charge in [0, 0.05) is 20.2 Å². The smallest absolute Gasteiger partial charge is 0.0590 e. The number of likely N-dealkylation sites (N-methyl/N-ethyl adjacent to an activating group) is 1. The number of rotatable bonds is 6. The largest absolute Gasteiger partial charge is 0.383 e. The molecule has 0 radical (unpaired) electrons. The van der Waals surface area contributed by atoms with Gasteiger partial charge >= 0.3 is 0 Å². The van der Waals surface area contributed by atoms with Crippen LogP contribution < -0.4 is 5.73 Å². The summed E-state index contributed by atoms with van der Waals surface area (Å²) < 4.78 is 5.28. The molecule has 2 unspecified atom stereocenters.